The van der Waals surface area contributed by atoms with E-state index < -0.39 is 0 Å². The van der Waals surface area contributed by atoms with Gasteiger partial charge in [0.15, 0.2) is 0 Å². The molecule has 1 aromatic carbocycles. The van der Waals surface area contributed by atoms with E-state index in [1.807, 2.05) is 91.1 Å². The van der Waals surface area contributed by atoms with Gasteiger partial charge in [-0.3, -0.25) is 6.58 Å². The topological polar surface area (TPSA) is 0 Å². The molecular formula is C37H33Y9-2. The third-order valence-electron chi connectivity index (χ3n) is 3.39. The molecule has 0 saturated heterocycles. The first-order valence-corrected chi connectivity index (χ1v) is 11.2. The van der Waals surface area contributed by atoms with Crippen molar-refractivity contribution in [3.05, 3.63) is 214 Å². The summed E-state index contributed by atoms with van der Waals surface area (Å²) in [6.07, 6.45) is 49.5. The Morgan fingerprint density at radius 3 is 1.30 bits per heavy atom. The van der Waals surface area contributed by atoms with E-state index in [2.05, 4.69) is 51.2 Å². The zero-order valence-electron chi connectivity index (χ0n) is 26.4. The van der Waals surface area contributed by atoms with Crippen molar-refractivity contribution in [2.75, 3.05) is 0 Å². The van der Waals surface area contributed by atoms with E-state index in [0.717, 1.165) is 10.4 Å². The molecule has 46 heavy (non-hydrogen) atoms. The zero-order chi connectivity index (χ0) is 27.7. The Balaban J connectivity index is -0.0000000388. The summed E-state index contributed by atoms with van der Waals surface area (Å²) in [5.74, 6) is 0. The minimum atomic E-state index is 0. The third-order valence-corrected chi connectivity index (χ3v) is 3.39. The molecule has 0 amide bonds. The molecule has 210 valence electrons. The minimum absolute atomic E-state index is 0. The Morgan fingerprint density at radius 2 is 0.978 bits per heavy atom. The van der Waals surface area contributed by atoms with Gasteiger partial charge in [-0.25, -0.2) is 76.0 Å². The van der Waals surface area contributed by atoms with Crippen molar-refractivity contribution in [3.8, 4) is 0 Å². The van der Waals surface area contributed by atoms with Crippen LogP contribution in [0.25, 0.3) is 12.7 Å². The average Bonchev–Trinajstić information content (AvgIpc) is 2.90. The van der Waals surface area contributed by atoms with Gasteiger partial charge in [-0.2, -0.15) is 96.3 Å². The van der Waals surface area contributed by atoms with Crippen LogP contribution in [0, 0.1) is 64.3 Å². The summed E-state index contributed by atoms with van der Waals surface area (Å²) in [6.45, 7) is 25.9. The van der Waals surface area contributed by atoms with Crippen molar-refractivity contribution in [2.24, 2.45) is 0 Å². The second-order valence-corrected chi connectivity index (χ2v) is 6.16. The van der Waals surface area contributed by atoms with Crippen LogP contribution in [-0.4, -0.2) is 0 Å². The molecule has 0 fully saturated rings. The van der Waals surface area contributed by atoms with Crippen LogP contribution in [0.1, 0.15) is 0 Å². The Kier molecular flexibility index (Phi) is 130. The first-order valence-electron chi connectivity index (χ1n) is 11.2. The van der Waals surface area contributed by atoms with Gasteiger partial charge in [0.05, 0.1) is 0 Å². The Hall–Kier alpha value is 5.13. The Labute approximate surface area is 509 Å². The fourth-order valence-corrected chi connectivity index (χ4v) is 1.81. The summed E-state index contributed by atoms with van der Waals surface area (Å²) < 4.78 is 0. The van der Waals surface area contributed by atoms with Crippen LogP contribution in [0.4, 0.5) is 0 Å². The predicted octanol–water partition coefficient (Wildman–Crippen LogP) is 7.32. The number of hydrogen-bond donors (Lipinski definition) is 0. The summed E-state index contributed by atoms with van der Waals surface area (Å²) in [6, 6.07) is 7.67. The molecule has 0 N–H and O–H groups in total. The molecule has 0 atom stereocenters. The quantitative estimate of drug-likeness (QED) is 0.215. The number of rotatable bonds is 5. The predicted molar refractivity (Wildman–Crippen MR) is 162 cm³/mol. The molecule has 0 heterocycles. The average molecular weight is 1280 g/mol. The maximum atomic E-state index is 5.72. The fraction of sp³-hybridized carbons (Fsp3) is 0. The van der Waals surface area contributed by atoms with Gasteiger partial charge in [-0.1, -0.05) is 6.07 Å². The molecule has 0 aromatic heterocycles. The van der Waals surface area contributed by atoms with Gasteiger partial charge in [0, 0.05) is 196 Å². The van der Waals surface area contributed by atoms with Gasteiger partial charge in [-0.05, 0) is 0 Å². The molecule has 0 saturated carbocycles. The monoisotopic (exact) mass is 1280 g/mol. The van der Waals surface area contributed by atoms with E-state index in [-0.39, 0.29) is 294 Å². The Bertz CT molecular complexity index is 1060. The van der Waals surface area contributed by atoms with Crippen LogP contribution in [0.3, 0.4) is 0 Å². The van der Waals surface area contributed by atoms with E-state index >= 15 is 0 Å². The molecule has 6 radical (unpaired) electrons. The summed E-state index contributed by atoms with van der Waals surface area (Å²) in [5.41, 5.74) is 0. The van der Waals surface area contributed by atoms with Crippen molar-refractivity contribution >= 4 is 12.7 Å². The molecular weight excluding hydrogens is 1240 g/mol. The molecule has 1 aromatic rings. The van der Waals surface area contributed by atoms with E-state index in [4.69, 9.17) is 19.7 Å². The summed E-state index contributed by atoms with van der Waals surface area (Å²) in [7, 11) is 0. The molecule has 2 rings (SSSR count). The summed E-state index contributed by atoms with van der Waals surface area (Å²) in [5, 5.41) is 1.75. The van der Waals surface area contributed by atoms with Crippen LogP contribution in [0.5, 0.6) is 0 Å². The maximum absolute atomic E-state index is 5.72. The summed E-state index contributed by atoms with van der Waals surface area (Å²) >= 11 is 0. The van der Waals surface area contributed by atoms with Crippen molar-refractivity contribution < 1.29 is 294 Å². The van der Waals surface area contributed by atoms with Crippen LogP contribution >= 0.6 is 0 Å². The molecule has 9 heteroatoms. The number of hydrogen-bond acceptors (Lipinski definition) is 0. The van der Waals surface area contributed by atoms with E-state index in [1.165, 1.54) is 12.2 Å². The minimum Gasteiger partial charge on any atom is -0.550 e. The van der Waals surface area contributed by atoms with Crippen LogP contribution < -0.4 is 10.4 Å². The van der Waals surface area contributed by atoms with Gasteiger partial charge in [0.1, 0.15) is 0 Å². The normalized spacial score (nSPS) is 10.5. The third kappa shape index (κ3) is 70.7. The number of allylic oxidation sites excluding steroid dienone is 24. The first kappa shape index (κ1) is 79.8. The second-order valence-electron chi connectivity index (χ2n) is 6.16. The maximum Gasteiger partial charge on any atom is 3.00 e. The molecule has 0 bridgehead atoms. The molecule has 1 aliphatic rings. The van der Waals surface area contributed by atoms with Crippen molar-refractivity contribution in [3.63, 3.8) is 0 Å². The van der Waals surface area contributed by atoms with E-state index in [9.17, 15) is 0 Å². The van der Waals surface area contributed by atoms with Gasteiger partial charge >= 0.3 is 98.1 Å². The van der Waals surface area contributed by atoms with Gasteiger partial charge in [0.25, 0.3) is 0 Å². The summed E-state index contributed by atoms with van der Waals surface area (Å²) in [4.78, 5) is 0. The van der Waals surface area contributed by atoms with Gasteiger partial charge in [-0.15, -0.1) is 17.4 Å². The van der Waals surface area contributed by atoms with Crippen molar-refractivity contribution in [1.29, 1.82) is 0 Å². The molecule has 0 spiro atoms. The second kappa shape index (κ2) is 75.1. The SMILES string of the molecule is [C-]1=CC=C[C-]=CC=C[C-]=CC=C1.[CH-]=CC=C[CH2-].[CH-]=C[C-]=CC=C[CH2-].[CH-]=c1ccccc1=C[C-]=CC=C[CH2-].[Y+3].[Y+3].[Y+3].[Y].[Y].[Y].[Y].[Y].[Y]. The zero-order valence-corrected chi connectivity index (χ0v) is 52.0. The molecule has 0 aliphatic heterocycles. The van der Waals surface area contributed by atoms with Crippen LogP contribution in [-0.2, 0) is 294 Å². The van der Waals surface area contributed by atoms with E-state index in [1.54, 1.807) is 42.5 Å². The Morgan fingerprint density at radius 1 is 0.587 bits per heavy atom. The van der Waals surface area contributed by atoms with Crippen LogP contribution in [0.15, 0.2) is 140 Å². The first-order chi connectivity index (χ1) is 18.2. The van der Waals surface area contributed by atoms with Gasteiger partial charge in [0.2, 0.25) is 0 Å². The van der Waals surface area contributed by atoms with Crippen molar-refractivity contribution in [1.82, 2.24) is 0 Å². The molecule has 1 aliphatic carbocycles. The van der Waals surface area contributed by atoms with Crippen molar-refractivity contribution in [2.45, 2.75) is 0 Å². The fourth-order valence-electron chi connectivity index (χ4n) is 1.81. The number of benzene rings is 1. The van der Waals surface area contributed by atoms with Crippen LogP contribution in [0.2, 0.25) is 0 Å². The molecule has 0 unspecified atom stereocenters. The largest absolute Gasteiger partial charge is 3.00 e. The standard InChI is InChI=1S/C13H11.C12H9.C7H7.C5H6.9Y/c1-3-4-5-6-10-13-11-8-7-9-12(13)2;1-2-4-6-8-10-12-11-9-7-5-3-1;1-3-5-7-6-4-2;1-3-5-4-2;;;;;;;;;/h2-5,7-11H,1H2;1-3,6-11H;1,3-4,6-7H,2H2;1,3-5H,2H2;;;;;;;;;/q3*-3;-2;;;;;;;3*+3. The molecule has 0 nitrogen and oxygen atoms in total. The smallest absolute Gasteiger partial charge is 0.550 e. The van der Waals surface area contributed by atoms with E-state index in [0.29, 0.717) is 0 Å². The van der Waals surface area contributed by atoms with Gasteiger partial charge < -0.3 is 24.8 Å².